The average molecular weight is 244 g/mol. The topological polar surface area (TPSA) is 58.6 Å². The molecule has 0 spiro atoms. The fraction of sp³-hybridized carbons (Fsp3) is 0.364. The predicted molar refractivity (Wildman–Crippen MR) is 61.7 cm³/mol. The summed E-state index contributed by atoms with van der Waals surface area (Å²) in [6.07, 6.45) is 0.540. The number of hydrogen-bond acceptors (Lipinski definition) is 3. The van der Waals surface area contributed by atoms with Gasteiger partial charge in [0.1, 0.15) is 5.75 Å². The number of carbonyl (C=O) groups is 1. The molecule has 0 fully saturated rings. The van der Waals surface area contributed by atoms with E-state index in [4.69, 9.17) is 21.4 Å². The number of carbonyl (C=O) groups excluding carboxylic acids is 1. The van der Waals surface area contributed by atoms with Crippen LogP contribution in [-0.2, 0) is 4.79 Å². The van der Waals surface area contributed by atoms with Crippen molar-refractivity contribution in [2.75, 3.05) is 19.8 Å². The Morgan fingerprint density at radius 3 is 2.88 bits per heavy atom. The summed E-state index contributed by atoms with van der Waals surface area (Å²) in [7, 11) is 0. The molecule has 1 rings (SSSR count). The maximum absolute atomic E-state index is 11.2. The highest BCUT2D eigenvalue weighted by atomic mass is 35.5. The van der Waals surface area contributed by atoms with Crippen LogP contribution in [0.2, 0.25) is 5.02 Å². The Labute approximate surface area is 99.2 Å². The third-order valence-corrected chi connectivity index (χ3v) is 2.16. The molecule has 0 aromatic heterocycles. The van der Waals surface area contributed by atoms with E-state index in [-0.39, 0.29) is 19.1 Å². The SMILES string of the molecule is O=C(COc1ccccc1Cl)NCCCO. The lowest BCUT2D eigenvalue weighted by atomic mass is 10.3. The van der Waals surface area contributed by atoms with E-state index in [2.05, 4.69) is 5.32 Å². The van der Waals surface area contributed by atoms with Gasteiger partial charge in [-0.1, -0.05) is 23.7 Å². The number of ether oxygens (including phenoxy) is 1. The quantitative estimate of drug-likeness (QED) is 0.739. The highest BCUT2D eigenvalue weighted by Gasteiger charge is 2.04. The van der Waals surface area contributed by atoms with Crippen molar-refractivity contribution in [3.8, 4) is 5.75 Å². The van der Waals surface area contributed by atoms with Gasteiger partial charge in [-0.15, -0.1) is 0 Å². The van der Waals surface area contributed by atoms with Crippen molar-refractivity contribution in [1.82, 2.24) is 5.32 Å². The molecule has 1 aromatic carbocycles. The molecule has 0 atom stereocenters. The maximum atomic E-state index is 11.2. The van der Waals surface area contributed by atoms with Crippen molar-refractivity contribution < 1.29 is 14.6 Å². The lowest BCUT2D eigenvalue weighted by Crippen LogP contribution is -2.30. The van der Waals surface area contributed by atoms with Gasteiger partial charge in [0, 0.05) is 13.2 Å². The molecule has 0 radical (unpaired) electrons. The van der Waals surface area contributed by atoms with Gasteiger partial charge < -0.3 is 15.2 Å². The minimum absolute atomic E-state index is 0.0612. The molecule has 0 aliphatic heterocycles. The number of aliphatic hydroxyl groups excluding tert-OH is 1. The number of rotatable bonds is 6. The van der Waals surface area contributed by atoms with Gasteiger partial charge in [0.25, 0.3) is 5.91 Å². The molecule has 0 heterocycles. The summed E-state index contributed by atoms with van der Waals surface area (Å²) in [5.41, 5.74) is 0. The molecule has 0 unspecified atom stereocenters. The first-order chi connectivity index (χ1) is 7.74. The predicted octanol–water partition coefficient (Wildman–Crippen LogP) is 1.22. The third-order valence-electron chi connectivity index (χ3n) is 1.85. The summed E-state index contributed by atoms with van der Waals surface area (Å²) < 4.78 is 5.22. The number of benzene rings is 1. The monoisotopic (exact) mass is 243 g/mol. The Morgan fingerprint density at radius 2 is 2.19 bits per heavy atom. The number of para-hydroxylation sites is 1. The van der Waals surface area contributed by atoms with E-state index in [1.807, 2.05) is 0 Å². The van der Waals surface area contributed by atoms with Crippen LogP contribution in [0.1, 0.15) is 6.42 Å². The molecule has 0 aliphatic rings. The van der Waals surface area contributed by atoms with Gasteiger partial charge in [0.2, 0.25) is 0 Å². The number of nitrogens with one attached hydrogen (secondary N) is 1. The van der Waals surface area contributed by atoms with Crippen LogP contribution < -0.4 is 10.1 Å². The molecule has 1 amide bonds. The minimum atomic E-state index is -0.228. The van der Waals surface area contributed by atoms with Gasteiger partial charge >= 0.3 is 0 Å². The van der Waals surface area contributed by atoms with Crippen molar-refractivity contribution in [2.24, 2.45) is 0 Å². The average Bonchev–Trinajstić information content (AvgIpc) is 2.28. The fourth-order valence-corrected chi connectivity index (χ4v) is 1.25. The van der Waals surface area contributed by atoms with E-state index in [0.29, 0.717) is 23.7 Å². The zero-order valence-electron chi connectivity index (χ0n) is 8.78. The molecule has 5 heteroatoms. The second kappa shape index (κ2) is 7.09. The summed E-state index contributed by atoms with van der Waals surface area (Å²) in [4.78, 5) is 11.2. The first-order valence-electron chi connectivity index (χ1n) is 4.99. The van der Waals surface area contributed by atoms with Crippen LogP contribution in [0.4, 0.5) is 0 Å². The molecule has 16 heavy (non-hydrogen) atoms. The number of halogens is 1. The maximum Gasteiger partial charge on any atom is 0.257 e. The summed E-state index contributed by atoms with van der Waals surface area (Å²) in [5.74, 6) is 0.259. The highest BCUT2D eigenvalue weighted by molar-refractivity contribution is 6.32. The second-order valence-electron chi connectivity index (χ2n) is 3.15. The summed E-state index contributed by atoms with van der Waals surface area (Å²) in [5, 5.41) is 11.6. The van der Waals surface area contributed by atoms with Crippen molar-refractivity contribution in [3.63, 3.8) is 0 Å². The Bertz CT molecular complexity index is 344. The first-order valence-corrected chi connectivity index (χ1v) is 5.36. The largest absolute Gasteiger partial charge is 0.482 e. The van der Waals surface area contributed by atoms with E-state index < -0.39 is 0 Å². The van der Waals surface area contributed by atoms with Crippen molar-refractivity contribution >= 4 is 17.5 Å². The zero-order valence-corrected chi connectivity index (χ0v) is 9.54. The van der Waals surface area contributed by atoms with Crippen LogP contribution in [0.5, 0.6) is 5.75 Å². The van der Waals surface area contributed by atoms with E-state index in [1.54, 1.807) is 24.3 Å². The van der Waals surface area contributed by atoms with Crippen LogP contribution in [0, 0.1) is 0 Å². The van der Waals surface area contributed by atoms with Crippen molar-refractivity contribution in [2.45, 2.75) is 6.42 Å². The molecule has 0 bridgehead atoms. The highest BCUT2D eigenvalue weighted by Crippen LogP contribution is 2.22. The number of amides is 1. The smallest absolute Gasteiger partial charge is 0.257 e. The van der Waals surface area contributed by atoms with E-state index in [0.717, 1.165) is 0 Å². The Hall–Kier alpha value is -1.26. The summed E-state index contributed by atoms with van der Waals surface area (Å²) >= 11 is 5.84. The molecule has 0 saturated carbocycles. The van der Waals surface area contributed by atoms with Crippen LogP contribution in [-0.4, -0.2) is 30.8 Å². The van der Waals surface area contributed by atoms with Crippen molar-refractivity contribution in [1.29, 1.82) is 0 Å². The van der Waals surface area contributed by atoms with E-state index in [1.165, 1.54) is 0 Å². The Morgan fingerprint density at radius 1 is 1.44 bits per heavy atom. The van der Waals surface area contributed by atoms with Gasteiger partial charge in [0.05, 0.1) is 5.02 Å². The molecule has 4 nitrogen and oxygen atoms in total. The summed E-state index contributed by atoms with van der Waals surface area (Å²) in [6, 6.07) is 6.96. The van der Waals surface area contributed by atoms with Crippen LogP contribution >= 0.6 is 11.6 Å². The number of hydrogen-bond donors (Lipinski definition) is 2. The van der Waals surface area contributed by atoms with Gasteiger partial charge in [0.15, 0.2) is 6.61 Å². The van der Waals surface area contributed by atoms with Gasteiger partial charge in [-0.25, -0.2) is 0 Å². The molecule has 0 saturated heterocycles. The molecule has 1 aromatic rings. The molecule has 0 aliphatic carbocycles. The normalized spacial score (nSPS) is 9.88. The first kappa shape index (κ1) is 12.8. The van der Waals surface area contributed by atoms with Crippen LogP contribution in [0.25, 0.3) is 0 Å². The van der Waals surface area contributed by atoms with E-state index in [9.17, 15) is 4.79 Å². The standard InChI is InChI=1S/C11H14ClNO3/c12-9-4-1-2-5-10(9)16-8-11(15)13-6-3-7-14/h1-2,4-5,14H,3,6-8H2,(H,13,15). The molecule has 2 N–H and O–H groups in total. The lowest BCUT2D eigenvalue weighted by Gasteiger charge is -2.07. The lowest BCUT2D eigenvalue weighted by molar-refractivity contribution is -0.123. The Kier molecular flexibility index (Phi) is 5.67. The molecular formula is C11H14ClNO3. The van der Waals surface area contributed by atoms with Crippen LogP contribution in [0.3, 0.4) is 0 Å². The second-order valence-corrected chi connectivity index (χ2v) is 3.55. The van der Waals surface area contributed by atoms with Gasteiger partial charge in [-0.2, -0.15) is 0 Å². The molecule has 88 valence electrons. The summed E-state index contributed by atoms with van der Waals surface area (Å²) in [6.45, 7) is 0.433. The van der Waals surface area contributed by atoms with Crippen LogP contribution in [0.15, 0.2) is 24.3 Å². The van der Waals surface area contributed by atoms with E-state index >= 15 is 0 Å². The van der Waals surface area contributed by atoms with Crippen molar-refractivity contribution in [3.05, 3.63) is 29.3 Å². The minimum Gasteiger partial charge on any atom is -0.482 e. The fourth-order valence-electron chi connectivity index (χ4n) is 1.06. The third kappa shape index (κ3) is 4.51. The Balaban J connectivity index is 2.29. The van der Waals surface area contributed by atoms with Gasteiger partial charge in [-0.3, -0.25) is 4.79 Å². The van der Waals surface area contributed by atoms with Gasteiger partial charge in [-0.05, 0) is 18.6 Å². The zero-order chi connectivity index (χ0) is 11.8. The molecular weight excluding hydrogens is 230 g/mol. The number of aliphatic hydroxyl groups is 1.